The lowest BCUT2D eigenvalue weighted by atomic mass is 10.2. The molecular formula is C16H15ClN2O5S. The van der Waals surface area contributed by atoms with E-state index in [2.05, 4.69) is 15.0 Å². The molecular weight excluding hydrogens is 368 g/mol. The molecule has 25 heavy (non-hydrogen) atoms. The molecule has 3 heterocycles. The van der Waals surface area contributed by atoms with Gasteiger partial charge in [0.15, 0.2) is 0 Å². The Morgan fingerprint density at radius 2 is 2.32 bits per heavy atom. The van der Waals surface area contributed by atoms with Crippen LogP contribution >= 0.6 is 22.9 Å². The van der Waals surface area contributed by atoms with Crippen molar-refractivity contribution in [3.63, 3.8) is 0 Å². The van der Waals surface area contributed by atoms with Crippen LogP contribution < -0.4 is 10.1 Å². The molecule has 1 atom stereocenters. The van der Waals surface area contributed by atoms with Crippen LogP contribution in [0.25, 0.3) is 0 Å². The van der Waals surface area contributed by atoms with Crippen LogP contribution in [0.5, 0.6) is 5.88 Å². The molecule has 1 amide bonds. The SMILES string of the molecule is COC(=O)c1sccc1NC(=O)c1cnc(OC2CCOC2)c(Cl)c1. The number of amides is 1. The van der Waals surface area contributed by atoms with Gasteiger partial charge < -0.3 is 19.5 Å². The summed E-state index contributed by atoms with van der Waals surface area (Å²) in [6.45, 7) is 1.14. The average molecular weight is 383 g/mol. The number of pyridine rings is 1. The summed E-state index contributed by atoms with van der Waals surface area (Å²) in [7, 11) is 1.28. The number of halogens is 1. The Kier molecular flexibility index (Phi) is 5.52. The molecule has 9 heteroatoms. The third kappa shape index (κ3) is 4.09. The lowest BCUT2D eigenvalue weighted by Crippen LogP contribution is -2.18. The highest BCUT2D eigenvalue weighted by atomic mass is 35.5. The van der Waals surface area contributed by atoms with E-state index in [1.54, 1.807) is 11.4 Å². The number of hydrogen-bond acceptors (Lipinski definition) is 7. The fourth-order valence-electron chi connectivity index (χ4n) is 2.25. The van der Waals surface area contributed by atoms with Gasteiger partial charge in [0.25, 0.3) is 5.91 Å². The fraction of sp³-hybridized carbons (Fsp3) is 0.312. The second-order valence-electron chi connectivity index (χ2n) is 5.22. The Hall–Kier alpha value is -2.16. The van der Waals surface area contributed by atoms with Gasteiger partial charge >= 0.3 is 5.97 Å². The molecule has 3 rings (SSSR count). The maximum Gasteiger partial charge on any atom is 0.350 e. The zero-order chi connectivity index (χ0) is 17.8. The minimum atomic E-state index is -0.510. The number of nitrogens with zero attached hydrogens (tertiary/aromatic N) is 1. The van der Waals surface area contributed by atoms with Crippen molar-refractivity contribution in [2.45, 2.75) is 12.5 Å². The van der Waals surface area contributed by atoms with Crippen LogP contribution in [-0.2, 0) is 9.47 Å². The van der Waals surface area contributed by atoms with Crippen molar-refractivity contribution < 1.29 is 23.8 Å². The monoisotopic (exact) mass is 382 g/mol. The summed E-state index contributed by atoms with van der Waals surface area (Å²) in [5.74, 6) is -0.683. The predicted octanol–water partition coefficient (Wildman–Crippen LogP) is 3.00. The van der Waals surface area contributed by atoms with Gasteiger partial charge in [-0.05, 0) is 17.5 Å². The molecule has 0 aliphatic carbocycles. The van der Waals surface area contributed by atoms with Crippen LogP contribution in [0.2, 0.25) is 5.02 Å². The molecule has 0 saturated carbocycles. The number of hydrogen-bond donors (Lipinski definition) is 1. The first kappa shape index (κ1) is 17.7. The van der Waals surface area contributed by atoms with Crippen LogP contribution in [0.15, 0.2) is 23.7 Å². The molecule has 1 fully saturated rings. The molecule has 0 aromatic carbocycles. The van der Waals surface area contributed by atoms with Gasteiger partial charge in [-0.15, -0.1) is 11.3 Å². The van der Waals surface area contributed by atoms with Crippen molar-refractivity contribution in [2.24, 2.45) is 0 Å². The number of nitrogens with one attached hydrogen (secondary N) is 1. The average Bonchev–Trinajstić information content (AvgIpc) is 3.27. The molecule has 0 bridgehead atoms. The second kappa shape index (κ2) is 7.81. The van der Waals surface area contributed by atoms with Crippen molar-refractivity contribution in [2.75, 3.05) is 25.6 Å². The topological polar surface area (TPSA) is 86.8 Å². The number of carbonyl (C=O) groups excluding carboxylic acids is 2. The summed E-state index contributed by atoms with van der Waals surface area (Å²) in [5.41, 5.74) is 0.628. The van der Waals surface area contributed by atoms with E-state index in [1.807, 2.05) is 0 Å². The lowest BCUT2D eigenvalue weighted by Gasteiger charge is -2.12. The van der Waals surface area contributed by atoms with E-state index < -0.39 is 11.9 Å². The van der Waals surface area contributed by atoms with Gasteiger partial charge in [-0.3, -0.25) is 4.79 Å². The molecule has 2 aromatic rings. The number of ether oxygens (including phenoxy) is 3. The van der Waals surface area contributed by atoms with Crippen LogP contribution in [0.1, 0.15) is 26.5 Å². The number of thiophene rings is 1. The zero-order valence-corrected chi connectivity index (χ0v) is 14.9. The molecule has 1 aliphatic heterocycles. The normalized spacial score (nSPS) is 16.5. The third-order valence-electron chi connectivity index (χ3n) is 3.52. The summed E-state index contributed by atoms with van der Waals surface area (Å²) in [6.07, 6.45) is 2.06. The van der Waals surface area contributed by atoms with Gasteiger partial charge in [-0.2, -0.15) is 0 Å². The van der Waals surface area contributed by atoms with Crippen LogP contribution in [0, 0.1) is 0 Å². The standard InChI is InChI=1S/C16H15ClN2O5S/c1-22-16(21)13-12(3-5-25-13)19-14(20)9-6-11(17)15(18-7-9)24-10-2-4-23-8-10/h3,5-7,10H,2,4,8H2,1H3,(H,19,20). The van der Waals surface area contributed by atoms with E-state index in [-0.39, 0.29) is 22.6 Å². The highest BCUT2D eigenvalue weighted by molar-refractivity contribution is 7.12. The molecule has 0 spiro atoms. The van der Waals surface area contributed by atoms with Gasteiger partial charge in [-0.25, -0.2) is 9.78 Å². The summed E-state index contributed by atoms with van der Waals surface area (Å²) >= 11 is 7.34. The number of carbonyl (C=O) groups is 2. The van der Waals surface area contributed by atoms with Crippen molar-refractivity contribution in [1.29, 1.82) is 0 Å². The molecule has 1 aliphatic rings. The minimum absolute atomic E-state index is 0.0851. The van der Waals surface area contributed by atoms with Crippen LogP contribution in [0.3, 0.4) is 0 Å². The number of esters is 1. The summed E-state index contributed by atoms with van der Waals surface area (Å²) in [4.78, 5) is 28.4. The molecule has 0 radical (unpaired) electrons. The smallest absolute Gasteiger partial charge is 0.350 e. The molecule has 1 N–H and O–H groups in total. The van der Waals surface area contributed by atoms with E-state index in [9.17, 15) is 9.59 Å². The highest BCUT2D eigenvalue weighted by Gasteiger charge is 2.21. The van der Waals surface area contributed by atoms with Crippen LogP contribution in [-0.4, -0.2) is 43.3 Å². The van der Waals surface area contributed by atoms with Gasteiger partial charge in [0, 0.05) is 12.6 Å². The van der Waals surface area contributed by atoms with Gasteiger partial charge in [0.05, 0.1) is 31.6 Å². The van der Waals surface area contributed by atoms with E-state index in [4.69, 9.17) is 21.1 Å². The Bertz CT molecular complexity index is 789. The Morgan fingerprint density at radius 3 is 3.00 bits per heavy atom. The third-order valence-corrected chi connectivity index (χ3v) is 4.69. The minimum Gasteiger partial charge on any atom is -0.471 e. The zero-order valence-electron chi connectivity index (χ0n) is 13.3. The first-order valence-electron chi connectivity index (χ1n) is 7.45. The quantitative estimate of drug-likeness (QED) is 0.800. The number of anilines is 1. The van der Waals surface area contributed by atoms with Gasteiger partial charge in [0.2, 0.25) is 5.88 Å². The summed E-state index contributed by atoms with van der Waals surface area (Å²) in [6, 6.07) is 3.10. The molecule has 7 nitrogen and oxygen atoms in total. The van der Waals surface area contributed by atoms with Crippen molar-refractivity contribution >= 4 is 40.5 Å². The van der Waals surface area contributed by atoms with Crippen molar-refractivity contribution in [3.05, 3.63) is 39.2 Å². The molecule has 1 saturated heterocycles. The molecule has 2 aromatic heterocycles. The van der Waals surface area contributed by atoms with E-state index in [0.29, 0.717) is 23.8 Å². The Morgan fingerprint density at radius 1 is 1.48 bits per heavy atom. The highest BCUT2D eigenvalue weighted by Crippen LogP contribution is 2.27. The fourth-order valence-corrected chi connectivity index (χ4v) is 3.23. The van der Waals surface area contributed by atoms with E-state index >= 15 is 0 Å². The second-order valence-corrected chi connectivity index (χ2v) is 6.55. The molecule has 1 unspecified atom stereocenters. The van der Waals surface area contributed by atoms with Crippen LogP contribution in [0.4, 0.5) is 5.69 Å². The number of methoxy groups -OCH3 is 1. The van der Waals surface area contributed by atoms with Crippen molar-refractivity contribution in [1.82, 2.24) is 4.98 Å². The summed E-state index contributed by atoms with van der Waals surface area (Å²) < 4.78 is 15.6. The summed E-state index contributed by atoms with van der Waals surface area (Å²) in [5, 5.41) is 4.58. The predicted molar refractivity (Wildman–Crippen MR) is 92.7 cm³/mol. The first-order valence-corrected chi connectivity index (χ1v) is 8.71. The number of aromatic nitrogens is 1. The maximum absolute atomic E-state index is 12.4. The van der Waals surface area contributed by atoms with Gasteiger partial charge in [0.1, 0.15) is 16.0 Å². The Balaban J connectivity index is 1.71. The van der Waals surface area contributed by atoms with E-state index in [0.717, 1.165) is 6.42 Å². The molecule has 132 valence electrons. The maximum atomic E-state index is 12.4. The van der Waals surface area contributed by atoms with E-state index in [1.165, 1.54) is 30.7 Å². The Labute approximate surface area is 152 Å². The van der Waals surface area contributed by atoms with Gasteiger partial charge in [-0.1, -0.05) is 11.6 Å². The first-order chi connectivity index (χ1) is 12.1. The van der Waals surface area contributed by atoms with Crippen molar-refractivity contribution in [3.8, 4) is 5.88 Å². The number of rotatable bonds is 5. The largest absolute Gasteiger partial charge is 0.471 e. The lowest BCUT2D eigenvalue weighted by molar-refractivity contribution is 0.0607.